The van der Waals surface area contributed by atoms with Crippen molar-refractivity contribution in [3.63, 3.8) is 0 Å². The zero-order chi connectivity index (χ0) is 9.84. The van der Waals surface area contributed by atoms with Crippen molar-refractivity contribution < 1.29 is 0 Å². The van der Waals surface area contributed by atoms with Gasteiger partial charge in [-0.25, -0.2) is 0 Å². The summed E-state index contributed by atoms with van der Waals surface area (Å²) in [5.41, 5.74) is 1.15. The normalized spacial score (nSPS) is 21.7. The Labute approximate surface area is 81.1 Å². The number of hydrogen-bond donors (Lipinski definition) is 0. The van der Waals surface area contributed by atoms with Crippen molar-refractivity contribution in [2.24, 2.45) is 22.1 Å². The van der Waals surface area contributed by atoms with E-state index in [0.29, 0.717) is 11.8 Å². The van der Waals surface area contributed by atoms with E-state index in [4.69, 9.17) is 0 Å². The number of rotatable bonds is 4. The van der Waals surface area contributed by atoms with Crippen molar-refractivity contribution in [1.29, 1.82) is 0 Å². The first-order chi connectivity index (χ1) is 6.19. The molecule has 1 heterocycles. The Morgan fingerprint density at radius 2 is 1.69 bits per heavy atom. The molecule has 0 fully saturated rings. The Bertz CT molecular complexity index is 218. The van der Waals surface area contributed by atoms with Crippen molar-refractivity contribution in [3.05, 3.63) is 17.8 Å². The van der Waals surface area contributed by atoms with E-state index in [0.717, 1.165) is 24.6 Å². The van der Waals surface area contributed by atoms with Crippen LogP contribution in [0.3, 0.4) is 0 Å². The van der Waals surface area contributed by atoms with E-state index in [1.807, 2.05) is 0 Å². The lowest BCUT2D eigenvalue weighted by Crippen LogP contribution is -2.01. The molecule has 0 spiro atoms. The average Bonchev–Trinajstić information content (AvgIpc) is 2.64. The van der Waals surface area contributed by atoms with Gasteiger partial charge in [0.05, 0.1) is 5.70 Å². The van der Waals surface area contributed by atoms with E-state index in [1.54, 1.807) is 0 Å². The van der Waals surface area contributed by atoms with Crippen LogP contribution in [-0.4, -0.2) is 0 Å². The predicted octanol–water partition coefficient (Wildman–Crippen LogP) is 3.96. The topological polar surface area (TPSA) is 24.7 Å². The number of hydrogen-bond acceptors (Lipinski definition) is 2. The summed E-state index contributed by atoms with van der Waals surface area (Å²) in [6.07, 6.45) is 4.43. The zero-order valence-corrected chi connectivity index (χ0v) is 9.04. The van der Waals surface area contributed by atoms with Gasteiger partial charge in [0.2, 0.25) is 0 Å². The maximum atomic E-state index is 4.21. The fourth-order valence-electron chi connectivity index (χ4n) is 1.22. The molecular weight excluding hydrogens is 160 g/mol. The third kappa shape index (κ3) is 2.39. The zero-order valence-electron chi connectivity index (χ0n) is 9.04. The first-order valence-corrected chi connectivity index (χ1v) is 5.19. The first kappa shape index (κ1) is 10.4. The van der Waals surface area contributed by atoms with Crippen LogP contribution in [0, 0.1) is 17.9 Å². The van der Waals surface area contributed by atoms with Crippen molar-refractivity contribution in [1.82, 2.24) is 0 Å². The van der Waals surface area contributed by atoms with Crippen LogP contribution in [-0.2, 0) is 0 Å². The summed E-state index contributed by atoms with van der Waals surface area (Å²) in [5, 5.41) is 8.41. The largest absolute Gasteiger partial charge is 0.175 e. The molecule has 0 saturated heterocycles. The van der Waals surface area contributed by atoms with Gasteiger partial charge in [0.25, 0.3) is 0 Å². The molecule has 0 saturated carbocycles. The van der Waals surface area contributed by atoms with Crippen molar-refractivity contribution >= 4 is 0 Å². The van der Waals surface area contributed by atoms with Crippen LogP contribution in [0.5, 0.6) is 0 Å². The van der Waals surface area contributed by atoms with Gasteiger partial charge in [-0.05, 0) is 24.3 Å². The molecule has 1 aliphatic rings. The van der Waals surface area contributed by atoms with Gasteiger partial charge in [0.15, 0.2) is 0 Å². The molecule has 13 heavy (non-hydrogen) atoms. The van der Waals surface area contributed by atoms with Crippen LogP contribution in [0.15, 0.2) is 22.0 Å². The van der Waals surface area contributed by atoms with E-state index in [2.05, 4.69) is 44.0 Å². The van der Waals surface area contributed by atoms with Crippen LogP contribution >= 0.6 is 0 Å². The van der Waals surface area contributed by atoms with Crippen LogP contribution in [0.25, 0.3) is 0 Å². The Balaban J connectivity index is 2.59. The van der Waals surface area contributed by atoms with Crippen molar-refractivity contribution in [2.75, 3.05) is 0 Å². The Morgan fingerprint density at radius 3 is 2.23 bits per heavy atom. The minimum absolute atomic E-state index is 0.547. The van der Waals surface area contributed by atoms with Gasteiger partial charge in [0, 0.05) is 0 Å². The highest BCUT2D eigenvalue weighted by Crippen LogP contribution is 2.31. The van der Waals surface area contributed by atoms with Gasteiger partial charge < -0.3 is 0 Å². The molecule has 2 nitrogen and oxygen atoms in total. The number of nitrogens with zero attached hydrogens (tertiary/aromatic N) is 2. The van der Waals surface area contributed by atoms with Gasteiger partial charge in [-0.2, -0.15) is 10.2 Å². The maximum absolute atomic E-state index is 4.21. The Morgan fingerprint density at radius 1 is 1.08 bits per heavy atom. The lowest BCUT2D eigenvalue weighted by molar-refractivity contribution is 0.592. The monoisotopic (exact) mass is 179 g/mol. The highest BCUT2D eigenvalue weighted by Gasteiger charge is 2.21. The summed E-state index contributed by atoms with van der Waals surface area (Å²) in [4.78, 5) is 0. The third-order valence-electron chi connectivity index (χ3n) is 2.81. The van der Waals surface area contributed by atoms with E-state index >= 15 is 0 Å². The smallest absolute Gasteiger partial charge is 0.135 e. The quantitative estimate of drug-likeness (QED) is 0.624. The molecular formula is C11H19N2. The predicted molar refractivity (Wildman–Crippen MR) is 55.1 cm³/mol. The highest BCUT2D eigenvalue weighted by molar-refractivity contribution is 5.22. The minimum atomic E-state index is 0.547. The minimum Gasteiger partial charge on any atom is -0.175 e. The lowest BCUT2D eigenvalue weighted by atomic mass is 9.97. The summed E-state index contributed by atoms with van der Waals surface area (Å²) < 4.78 is 0. The molecule has 0 aromatic rings. The van der Waals surface area contributed by atoms with Crippen molar-refractivity contribution in [2.45, 2.75) is 40.5 Å². The molecule has 1 rings (SSSR count). The molecule has 0 aromatic carbocycles. The van der Waals surface area contributed by atoms with Crippen molar-refractivity contribution in [3.8, 4) is 0 Å². The SMILES string of the molecule is CCC(C)[C]1C=C(C(C)CC)N=N1. The fourth-order valence-corrected chi connectivity index (χ4v) is 1.22. The first-order valence-electron chi connectivity index (χ1n) is 5.19. The van der Waals surface area contributed by atoms with Crippen LogP contribution < -0.4 is 0 Å². The second-order valence-electron chi connectivity index (χ2n) is 3.81. The van der Waals surface area contributed by atoms with E-state index in [1.165, 1.54) is 0 Å². The molecule has 2 heteroatoms. The molecule has 0 aliphatic carbocycles. The fraction of sp³-hybridized carbons (Fsp3) is 0.727. The lowest BCUT2D eigenvalue weighted by Gasteiger charge is -2.09. The summed E-state index contributed by atoms with van der Waals surface area (Å²) in [6, 6.07) is 1.15. The standard InChI is InChI=1S/C11H19N2/c1-5-8(3)10-7-11(13-12-10)9(4)6-2/h7-9H,5-6H2,1-4H3. The van der Waals surface area contributed by atoms with E-state index < -0.39 is 0 Å². The summed E-state index contributed by atoms with van der Waals surface area (Å²) in [6.45, 7) is 8.76. The molecule has 2 unspecified atom stereocenters. The molecule has 1 aliphatic heterocycles. The molecule has 73 valence electrons. The molecule has 0 bridgehead atoms. The van der Waals surface area contributed by atoms with Crippen LogP contribution in [0.1, 0.15) is 40.5 Å². The number of azo groups is 1. The van der Waals surface area contributed by atoms with Crippen LogP contribution in [0.4, 0.5) is 0 Å². The Kier molecular flexibility index (Phi) is 3.64. The van der Waals surface area contributed by atoms with E-state index in [9.17, 15) is 0 Å². The molecule has 1 radical (unpaired) electrons. The highest BCUT2D eigenvalue weighted by atomic mass is 15.2. The molecule has 0 amide bonds. The molecule has 0 aromatic heterocycles. The second kappa shape index (κ2) is 4.54. The third-order valence-corrected chi connectivity index (χ3v) is 2.81. The summed E-state index contributed by atoms with van der Waals surface area (Å²) in [5.74, 6) is 1.09. The van der Waals surface area contributed by atoms with Gasteiger partial charge in [-0.1, -0.05) is 34.1 Å². The second-order valence-corrected chi connectivity index (χ2v) is 3.81. The number of allylic oxidation sites excluding steroid dienone is 1. The van der Waals surface area contributed by atoms with Gasteiger partial charge >= 0.3 is 0 Å². The Hall–Kier alpha value is -0.660. The maximum Gasteiger partial charge on any atom is 0.135 e. The van der Waals surface area contributed by atoms with E-state index in [-0.39, 0.29) is 0 Å². The van der Waals surface area contributed by atoms with Crippen LogP contribution in [0.2, 0.25) is 0 Å². The van der Waals surface area contributed by atoms with Gasteiger partial charge in [-0.15, -0.1) is 0 Å². The van der Waals surface area contributed by atoms with Gasteiger partial charge in [-0.3, -0.25) is 0 Å². The molecule has 2 atom stereocenters. The summed E-state index contributed by atoms with van der Waals surface area (Å²) in [7, 11) is 0. The van der Waals surface area contributed by atoms with Gasteiger partial charge in [0.1, 0.15) is 6.04 Å². The summed E-state index contributed by atoms with van der Waals surface area (Å²) >= 11 is 0. The average molecular weight is 179 g/mol. The molecule has 0 N–H and O–H groups in total.